The molecule has 0 aliphatic rings. The van der Waals surface area contributed by atoms with Gasteiger partial charge >= 0.3 is 0 Å². The molecule has 0 aliphatic heterocycles. The first kappa shape index (κ1) is 7.61. The van der Waals surface area contributed by atoms with Crippen molar-refractivity contribution in [2.45, 2.75) is 0 Å². The molecule has 0 radical (unpaired) electrons. The van der Waals surface area contributed by atoms with Gasteiger partial charge in [-0.05, 0) is 18.2 Å². The second-order valence-electron chi connectivity index (χ2n) is 2.42. The maximum absolute atomic E-state index is 5.08. The highest BCUT2D eigenvalue weighted by molar-refractivity contribution is 9.10. The summed E-state index contributed by atoms with van der Waals surface area (Å²) in [6.45, 7) is 0. The van der Waals surface area contributed by atoms with Crippen molar-refractivity contribution in [2.24, 2.45) is 0 Å². The molecule has 0 spiro atoms. The molecule has 1 N–H and O–H groups in total. The van der Waals surface area contributed by atoms with E-state index in [1.165, 1.54) is 0 Å². The average molecular weight is 227 g/mol. The Balaban J connectivity index is 2.73. The highest BCUT2D eigenvalue weighted by Gasteiger charge is 2.05. The number of hydrogen-bond acceptors (Lipinski definition) is 3. The van der Waals surface area contributed by atoms with Gasteiger partial charge in [-0.2, -0.15) is 0 Å². The van der Waals surface area contributed by atoms with Gasteiger partial charge in [-0.3, -0.25) is 0 Å². The number of rotatable bonds is 1. The minimum atomic E-state index is 0.775. The van der Waals surface area contributed by atoms with Crippen LogP contribution in [0.4, 0.5) is 5.82 Å². The molecule has 0 fully saturated rings. The zero-order chi connectivity index (χ0) is 8.55. The summed E-state index contributed by atoms with van der Waals surface area (Å²) in [5.41, 5.74) is 0.786. The van der Waals surface area contributed by atoms with Crippen molar-refractivity contribution in [3.63, 3.8) is 0 Å². The number of aromatic nitrogens is 1. The van der Waals surface area contributed by atoms with Crippen molar-refractivity contribution in [1.29, 1.82) is 0 Å². The van der Waals surface area contributed by atoms with E-state index in [4.69, 9.17) is 4.52 Å². The lowest BCUT2D eigenvalue weighted by Gasteiger charge is -1.91. The standard InChI is InChI=1S/C8H7BrN2O/c1-10-8-6-3-2-5(9)4-7(6)12-11-8/h2-4H,1H3,(H,10,11). The van der Waals surface area contributed by atoms with Gasteiger partial charge in [0.2, 0.25) is 0 Å². The molecule has 3 nitrogen and oxygen atoms in total. The van der Waals surface area contributed by atoms with Crippen LogP contribution in [0.5, 0.6) is 0 Å². The topological polar surface area (TPSA) is 38.1 Å². The number of halogens is 1. The van der Waals surface area contributed by atoms with Crippen LogP contribution in [0.1, 0.15) is 0 Å². The van der Waals surface area contributed by atoms with Crippen LogP contribution >= 0.6 is 15.9 Å². The normalized spacial score (nSPS) is 10.5. The van der Waals surface area contributed by atoms with Crippen molar-refractivity contribution >= 4 is 32.7 Å². The van der Waals surface area contributed by atoms with Crippen LogP contribution in [0.25, 0.3) is 11.0 Å². The van der Waals surface area contributed by atoms with E-state index in [0.717, 1.165) is 21.3 Å². The van der Waals surface area contributed by atoms with Crippen molar-refractivity contribution < 1.29 is 4.52 Å². The quantitative estimate of drug-likeness (QED) is 0.813. The molecule has 0 saturated carbocycles. The number of benzene rings is 1. The highest BCUT2D eigenvalue weighted by Crippen LogP contribution is 2.25. The van der Waals surface area contributed by atoms with E-state index in [0.29, 0.717) is 0 Å². The van der Waals surface area contributed by atoms with Gasteiger partial charge in [0.15, 0.2) is 11.4 Å². The fraction of sp³-hybridized carbons (Fsp3) is 0.125. The van der Waals surface area contributed by atoms with Gasteiger partial charge in [0, 0.05) is 11.5 Å². The third-order valence-electron chi connectivity index (χ3n) is 1.67. The Morgan fingerprint density at radius 2 is 2.33 bits per heavy atom. The summed E-state index contributed by atoms with van der Waals surface area (Å²) in [4.78, 5) is 0. The number of nitrogens with zero attached hydrogens (tertiary/aromatic N) is 1. The first-order valence-corrected chi connectivity index (χ1v) is 4.33. The van der Waals surface area contributed by atoms with Crippen molar-refractivity contribution in [3.05, 3.63) is 22.7 Å². The molecule has 0 saturated heterocycles. The fourth-order valence-electron chi connectivity index (χ4n) is 1.09. The molecule has 2 rings (SSSR count). The SMILES string of the molecule is CNc1noc2cc(Br)ccc12. The van der Waals surface area contributed by atoms with Gasteiger partial charge in [0.1, 0.15) is 0 Å². The minimum Gasteiger partial charge on any atom is -0.370 e. The van der Waals surface area contributed by atoms with Crippen molar-refractivity contribution in [3.8, 4) is 0 Å². The van der Waals surface area contributed by atoms with Crippen molar-refractivity contribution in [2.75, 3.05) is 12.4 Å². The first-order valence-electron chi connectivity index (χ1n) is 3.54. The Kier molecular flexibility index (Phi) is 1.77. The summed E-state index contributed by atoms with van der Waals surface area (Å²) in [6.07, 6.45) is 0. The van der Waals surface area contributed by atoms with Crippen LogP contribution in [-0.2, 0) is 0 Å². The van der Waals surface area contributed by atoms with Crippen LogP contribution in [0.2, 0.25) is 0 Å². The van der Waals surface area contributed by atoms with Crippen LogP contribution in [0, 0.1) is 0 Å². The van der Waals surface area contributed by atoms with E-state index >= 15 is 0 Å². The molecule has 0 amide bonds. The Bertz CT molecular complexity index is 410. The Hall–Kier alpha value is -1.03. The summed E-state index contributed by atoms with van der Waals surface area (Å²) >= 11 is 3.36. The second-order valence-corrected chi connectivity index (χ2v) is 3.34. The molecular formula is C8H7BrN2O. The molecule has 0 aliphatic carbocycles. The maximum atomic E-state index is 5.08. The van der Waals surface area contributed by atoms with Gasteiger partial charge in [-0.15, -0.1) is 0 Å². The van der Waals surface area contributed by atoms with E-state index < -0.39 is 0 Å². The summed E-state index contributed by atoms with van der Waals surface area (Å²) < 4.78 is 6.07. The predicted octanol–water partition coefficient (Wildman–Crippen LogP) is 2.63. The van der Waals surface area contributed by atoms with Gasteiger partial charge in [-0.1, -0.05) is 21.1 Å². The third kappa shape index (κ3) is 1.08. The van der Waals surface area contributed by atoms with Gasteiger partial charge in [0.05, 0.1) is 5.39 Å². The van der Waals surface area contributed by atoms with E-state index in [1.54, 1.807) is 0 Å². The average Bonchev–Trinajstić information content (AvgIpc) is 2.46. The zero-order valence-corrected chi connectivity index (χ0v) is 8.05. The van der Waals surface area contributed by atoms with Gasteiger partial charge < -0.3 is 9.84 Å². The van der Waals surface area contributed by atoms with Crippen LogP contribution in [-0.4, -0.2) is 12.2 Å². The Labute approximate surface area is 77.9 Å². The van der Waals surface area contributed by atoms with E-state index in [2.05, 4.69) is 26.4 Å². The lowest BCUT2D eigenvalue weighted by Crippen LogP contribution is -1.86. The van der Waals surface area contributed by atoms with Crippen LogP contribution in [0.15, 0.2) is 27.2 Å². The smallest absolute Gasteiger partial charge is 0.177 e. The number of nitrogens with one attached hydrogen (secondary N) is 1. The van der Waals surface area contributed by atoms with Crippen molar-refractivity contribution in [1.82, 2.24) is 5.16 Å². The summed E-state index contributed by atoms with van der Waals surface area (Å²) in [7, 11) is 1.82. The molecule has 1 aromatic heterocycles. The number of fused-ring (bicyclic) bond motifs is 1. The molecule has 0 unspecified atom stereocenters. The molecule has 4 heteroatoms. The maximum Gasteiger partial charge on any atom is 0.177 e. The monoisotopic (exact) mass is 226 g/mol. The van der Waals surface area contributed by atoms with Crippen LogP contribution in [0.3, 0.4) is 0 Å². The molecule has 1 heterocycles. The molecule has 0 atom stereocenters. The number of anilines is 1. The Morgan fingerprint density at radius 3 is 3.08 bits per heavy atom. The van der Waals surface area contributed by atoms with Gasteiger partial charge in [-0.25, -0.2) is 0 Å². The molecule has 1 aromatic carbocycles. The van der Waals surface area contributed by atoms with Crippen LogP contribution < -0.4 is 5.32 Å². The number of hydrogen-bond donors (Lipinski definition) is 1. The first-order chi connectivity index (χ1) is 5.81. The Morgan fingerprint density at radius 1 is 1.50 bits per heavy atom. The van der Waals surface area contributed by atoms with E-state index in [1.807, 2.05) is 25.2 Å². The molecular weight excluding hydrogens is 220 g/mol. The highest BCUT2D eigenvalue weighted by atomic mass is 79.9. The predicted molar refractivity (Wildman–Crippen MR) is 51.3 cm³/mol. The summed E-state index contributed by atoms with van der Waals surface area (Å²) in [5.74, 6) is 0.775. The third-order valence-corrected chi connectivity index (χ3v) is 2.16. The lowest BCUT2D eigenvalue weighted by molar-refractivity contribution is 0.459. The summed E-state index contributed by atoms with van der Waals surface area (Å²) in [6, 6.07) is 5.81. The molecule has 12 heavy (non-hydrogen) atoms. The largest absolute Gasteiger partial charge is 0.370 e. The van der Waals surface area contributed by atoms with E-state index in [9.17, 15) is 0 Å². The zero-order valence-electron chi connectivity index (χ0n) is 6.47. The van der Waals surface area contributed by atoms with Gasteiger partial charge in [0.25, 0.3) is 0 Å². The molecule has 2 aromatic rings. The fourth-order valence-corrected chi connectivity index (χ4v) is 1.43. The summed E-state index contributed by atoms with van der Waals surface area (Å²) in [5, 5.41) is 7.80. The minimum absolute atomic E-state index is 0.775. The molecule has 62 valence electrons. The molecule has 0 bridgehead atoms. The van der Waals surface area contributed by atoms with E-state index in [-0.39, 0.29) is 0 Å². The lowest BCUT2D eigenvalue weighted by atomic mass is 10.2. The second kappa shape index (κ2) is 2.79.